The van der Waals surface area contributed by atoms with Crippen molar-refractivity contribution in [2.45, 2.75) is 0 Å². The monoisotopic (exact) mass is 222 g/mol. The molecule has 2 nitrogen and oxygen atoms in total. The maximum atomic E-state index is 8.73. The van der Waals surface area contributed by atoms with Gasteiger partial charge < -0.3 is 0 Å². The summed E-state index contributed by atoms with van der Waals surface area (Å²) >= 11 is 11.5. The molecule has 0 N–H and O–H groups in total. The maximum absolute atomic E-state index is 8.73. The molecule has 0 aromatic heterocycles. The summed E-state index contributed by atoms with van der Waals surface area (Å²) in [6.07, 6.45) is 1.17. The molecule has 0 aliphatic carbocycles. The second-order valence-corrected chi connectivity index (χ2v) is 3.24. The Hall–Kier alpha value is -1.48. The Morgan fingerprint density at radius 1 is 1.21 bits per heavy atom. The Morgan fingerprint density at radius 3 is 2.43 bits per heavy atom. The molecule has 0 unspecified atom stereocenters. The highest BCUT2D eigenvalue weighted by Gasteiger charge is 2.03. The Balaban J connectivity index is 3.23. The van der Waals surface area contributed by atoms with Crippen LogP contribution in [0.25, 0.3) is 5.57 Å². The maximum Gasteiger partial charge on any atom is 0.101 e. The summed E-state index contributed by atoms with van der Waals surface area (Å²) in [4.78, 5) is 0. The quantitative estimate of drug-likeness (QED) is 0.684. The van der Waals surface area contributed by atoms with E-state index >= 15 is 0 Å². The number of allylic oxidation sites excluding steroid dienone is 2. The highest BCUT2D eigenvalue weighted by molar-refractivity contribution is 6.42. The highest BCUT2D eigenvalue weighted by Crippen LogP contribution is 2.25. The van der Waals surface area contributed by atoms with Crippen molar-refractivity contribution in [1.29, 1.82) is 10.5 Å². The van der Waals surface area contributed by atoms with Crippen LogP contribution >= 0.6 is 23.2 Å². The molecule has 0 saturated heterocycles. The molecule has 0 heterocycles. The van der Waals surface area contributed by atoms with Gasteiger partial charge in [0.25, 0.3) is 0 Å². The predicted molar refractivity (Wildman–Crippen MR) is 55.7 cm³/mol. The zero-order valence-corrected chi connectivity index (χ0v) is 8.47. The van der Waals surface area contributed by atoms with Gasteiger partial charge in [-0.1, -0.05) is 29.3 Å². The van der Waals surface area contributed by atoms with Gasteiger partial charge in [-0.25, -0.2) is 0 Å². The number of hydrogen-bond acceptors (Lipinski definition) is 2. The normalized spacial score (nSPS) is 10.4. The molecule has 0 aliphatic heterocycles. The lowest BCUT2D eigenvalue weighted by atomic mass is 10.1. The van der Waals surface area contributed by atoms with Crippen LogP contribution < -0.4 is 0 Å². The van der Waals surface area contributed by atoms with Gasteiger partial charge in [0.05, 0.1) is 21.7 Å². The Labute approximate surface area is 91.6 Å². The third-order valence-electron chi connectivity index (χ3n) is 1.56. The number of nitriles is 2. The van der Waals surface area contributed by atoms with E-state index in [0.717, 1.165) is 0 Å². The van der Waals surface area contributed by atoms with Gasteiger partial charge in [0, 0.05) is 6.08 Å². The van der Waals surface area contributed by atoms with E-state index in [2.05, 4.69) is 0 Å². The second kappa shape index (κ2) is 4.67. The van der Waals surface area contributed by atoms with Gasteiger partial charge in [-0.2, -0.15) is 10.5 Å². The van der Waals surface area contributed by atoms with Crippen molar-refractivity contribution in [1.82, 2.24) is 0 Å². The molecule has 4 heteroatoms. The van der Waals surface area contributed by atoms with Gasteiger partial charge in [0.15, 0.2) is 0 Å². The van der Waals surface area contributed by atoms with Crippen molar-refractivity contribution in [3.63, 3.8) is 0 Å². The summed E-state index contributed by atoms with van der Waals surface area (Å²) in [5.41, 5.74) is 0.856. The third-order valence-corrected chi connectivity index (χ3v) is 2.30. The average Bonchev–Trinajstić information content (AvgIpc) is 2.19. The van der Waals surface area contributed by atoms with Gasteiger partial charge in [-0.3, -0.25) is 0 Å². The molecule has 0 saturated carbocycles. The lowest BCUT2D eigenvalue weighted by molar-refractivity contribution is 1.50. The summed E-state index contributed by atoms with van der Waals surface area (Å²) in [6.45, 7) is 0. The van der Waals surface area contributed by atoms with Crippen molar-refractivity contribution >= 4 is 28.8 Å². The average molecular weight is 223 g/mol. The van der Waals surface area contributed by atoms with Gasteiger partial charge >= 0.3 is 0 Å². The van der Waals surface area contributed by atoms with Crippen LogP contribution in [0.4, 0.5) is 0 Å². The summed E-state index contributed by atoms with van der Waals surface area (Å²) in [6, 6.07) is 8.47. The van der Waals surface area contributed by atoms with Crippen LogP contribution in [0.2, 0.25) is 10.0 Å². The lowest BCUT2D eigenvalue weighted by Gasteiger charge is -1.99. The van der Waals surface area contributed by atoms with Crippen LogP contribution in [0, 0.1) is 22.7 Å². The van der Waals surface area contributed by atoms with Crippen LogP contribution in [0.1, 0.15) is 5.56 Å². The summed E-state index contributed by atoms with van der Waals surface area (Å²) in [7, 11) is 0. The molecule has 14 heavy (non-hydrogen) atoms. The molecule has 0 bridgehead atoms. The van der Waals surface area contributed by atoms with E-state index in [1.54, 1.807) is 24.3 Å². The zero-order chi connectivity index (χ0) is 10.6. The van der Waals surface area contributed by atoms with Gasteiger partial charge in [0.1, 0.15) is 6.07 Å². The fourth-order valence-electron chi connectivity index (χ4n) is 0.908. The minimum absolute atomic E-state index is 0.270. The first-order valence-corrected chi connectivity index (χ1v) is 4.40. The molecule has 0 fully saturated rings. The second-order valence-electron chi connectivity index (χ2n) is 2.43. The van der Waals surface area contributed by atoms with E-state index in [1.807, 2.05) is 6.07 Å². The van der Waals surface area contributed by atoms with Crippen molar-refractivity contribution < 1.29 is 0 Å². The number of nitrogens with zero attached hydrogens (tertiary/aromatic N) is 2. The SMILES string of the molecule is N#C/C=C(\C#N)c1ccc(Cl)c(Cl)c1. The topological polar surface area (TPSA) is 47.6 Å². The summed E-state index contributed by atoms with van der Waals surface area (Å²) < 4.78 is 0. The van der Waals surface area contributed by atoms with E-state index in [1.165, 1.54) is 6.08 Å². The Kier molecular flexibility index (Phi) is 3.54. The third kappa shape index (κ3) is 2.26. The fraction of sp³-hybridized carbons (Fsp3) is 0. The van der Waals surface area contributed by atoms with Crippen LogP contribution in [0.5, 0.6) is 0 Å². The molecule has 0 aliphatic rings. The molecule has 1 rings (SSSR count). The molecule has 68 valence electrons. The molecular formula is C10H4Cl2N2. The van der Waals surface area contributed by atoms with Crippen molar-refractivity contribution in [3.8, 4) is 12.1 Å². The standard InChI is InChI=1S/C10H4Cl2N2/c11-9-2-1-7(5-10(9)12)8(6-14)3-4-13/h1-3,5H/b8-3+. The molecule has 1 aromatic carbocycles. The molecule has 0 spiro atoms. The number of halogens is 2. The summed E-state index contributed by atoms with van der Waals surface area (Å²) in [5, 5.41) is 17.9. The van der Waals surface area contributed by atoms with Crippen LogP contribution in [-0.4, -0.2) is 0 Å². The highest BCUT2D eigenvalue weighted by atomic mass is 35.5. The van der Waals surface area contributed by atoms with Gasteiger partial charge in [0.2, 0.25) is 0 Å². The number of benzene rings is 1. The Morgan fingerprint density at radius 2 is 1.93 bits per heavy atom. The van der Waals surface area contributed by atoms with Gasteiger partial charge in [-0.15, -0.1) is 0 Å². The smallest absolute Gasteiger partial charge is 0.101 e. The zero-order valence-electron chi connectivity index (χ0n) is 6.96. The molecule has 0 atom stereocenters. The van der Waals surface area contributed by atoms with Crippen LogP contribution in [0.3, 0.4) is 0 Å². The molecule has 0 radical (unpaired) electrons. The largest absolute Gasteiger partial charge is 0.193 e. The number of hydrogen-bond donors (Lipinski definition) is 0. The molecular weight excluding hydrogens is 219 g/mol. The van der Waals surface area contributed by atoms with E-state index in [4.69, 9.17) is 33.7 Å². The Bertz CT molecular complexity index is 464. The van der Waals surface area contributed by atoms with E-state index in [9.17, 15) is 0 Å². The fourth-order valence-corrected chi connectivity index (χ4v) is 1.21. The van der Waals surface area contributed by atoms with Crippen LogP contribution in [0.15, 0.2) is 24.3 Å². The summed E-state index contributed by atoms with van der Waals surface area (Å²) in [5.74, 6) is 0. The lowest BCUT2D eigenvalue weighted by Crippen LogP contribution is -1.81. The first-order chi connectivity index (χ1) is 6.69. The predicted octanol–water partition coefficient (Wildman–Crippen LogP) is 3.42. The first-order valence-electron chi connectivity index (χ1n) is 3.64. The molecule has 0 amide bonds. The molecule has 1 aromatic rings. The minimum atomic E-state index is 0.270. The van der Waals surface area contributed by atoms with E-state index in [-0.39, 0.29) is 5.57 Å². The minimum Gasteiger partial charge on any atom is -0.193 e. The van der Waals surface area contributed by atoms with Crippen LogP contribution in [-0.2, 0) is 0 Å². The van der Waals surface area contributed by atoms with Gasteiger partial charge in [-0.05, 0) is 17.7 Å². The first kappa shape index (κ1) is 10.6. The van der Waals surface area contributed by atoms with Crippen molar-refractivity contribution in [2.24, 2.45) is 0 Å². The van der Waals surface area contributed by atoms with Crippen molar-refractivity contribution in [2.75, 3.05) is 0 Å². The van der Waals surface area contributed by atoms with E-state index < -0.39 is 0 Å². The number of rotatable bonds is 1. The van der Waals surface area contributed by atoms with E-state index in [0.29, 0.717) is 15.6 Å². The van der Waals surface area contributed by atoms with Crippen molar-refractivity contribution in [3.05, 3.63) is 39.9 Å².